The van der Waals surface area contributed by atoms with Crippen LogP contribution in [0.25, 0.3) is 11.1 Å². The van der Waals surface area contributed by atoms with E-state index < -0.39 is 10.1 Å². The molecule has 2 aliphatic heterocycles. The minimum Gasteiger partial charge on any atom is -0.298 e. The highest BCUT2D eigenvalue weighted by molar-refractivity contribution is 7.99. The molecule has 0 saturated heterocycles. The molecule has 0 aromatic heterocycles. The van der Waals surface area contributed by atoms with Crippen molar-refractivity contribution in [1.29, 1.82) is 0 Å². The van der Waals surface area contributed by atoms with Crippen molar-refractivity contribution in [3.8, 4) is 0 Å². The topological polar surface area (TPSA) is 57.6 Å². The standard InChI is InChI=1S/C17H15NS.CH4O3S/c1-18-10-14-12-6-2-4-8-16(12)19-17-9-5-3-7-13(17)15(14)11-18;1-5(2,3)4/h2-9H,10-11H2,1H3;1H3,(H,2,3,4). The Morgan fingerprint density at radius 3 is 1.71 bits per heavy atom. The fraction of sp³-hybridized carbons (Fsp3) is 0.222. The van der Waals surface area contributed by atoms with E-state index in [4.69, 9.17) is 4.55 Å². The Bertz CT molecular complexity index is 838. The molecule has 4 nitrogen and oxygen atoms in total. The molecule has 0 fully saturated rings. The molecule has 0 bridgehead atoms. The van der Waals surface area contributed by atoms with Gasteiger partial charge in [0.15, 0.2) is 0 Å². The van der Waals surface area contributed by atoms with Crippen LogP contribution in [0.2, 0.25) is 0 Å². The van der Waals surface area contributed by atoms with E-state index >= 15 is 0 Å². The van der Waals surface area contributed by atoms with Gasteiger partial charge in [-0.15, -0.1) is 0 Å². The summed E-state index contributed by atoms with van der Waals surface area (Å²) in [7, 11) is -1.47. The average molecular weight is 361 g/mol. The van der Waals surface area contributed by atoms with Crippen LogP contribution in [-0.2, 0) is 10.1 Å². The summed E-state index contributed by atoms with van der Waals surface area (Å²) in [6, 6.07) is 17.6. The van der Waals surface area contributed by atoms with Gasteiger partial charge in [-0.25, -0.2) is 0 Å². The van der Waals surface area contributed by atoms with Crippen LogP contribution in [-0.4, -0.2) is 44.3 Å². The Labute approximate surface area is 146 Å². The molecule has 0 amide bonds. The molecule has 0 unspecified atom stereocenters. The van der Waals surface area contributed by atoms with Crippen LogP contribution in [0.4, 0.5) is 0 Å². The molecular formula is C18H19NO3S2. The van der Waals surface area contributed by atoms with Crippen LogP contribution in [0, 0.1) is 0 Å². The fourth-order valence-electron chi connectivity index (χ4n) is 3.01. The van der Waals surface area contributed by atoms with Gasteiger partial charge in [0.25, 0.3) is 10.1 Å². The van der Waals surface area contributed by atoms with Crippen molar-refractivity contribution >= 4 is 33.0 Å². The van der Waals surface area contributed by atoms with Crippen molar-refractivity contribution in [3.05, 3.63) is 59.7 Å². The van der Waals surface area contributed by atoms with Crippen LogP contribution < -0.4 is 0 Å². The molecule has 0 saturated carbocycles. The van der Waals surface area contributed by atoms with Gasteiger partial charge in [-0.05, 0) is 41.5 Å². The molecule has 6 heteroatoms. The Morgan fingerprint density at radius 2 is 1.29 bits per heavy atom. The van der Waals surface area contributed by atoms with E-state index in [-0.39, 0.29) is 0 Å². The minimum absolute atomic E-state index is 0.715. The second-order valence-electron chi connectivity index (χ2n) is 5.96. The number of rotatable bonds is 0. The molecule has 126 valence electrons. The molecule has 0 aliphatic carbocycles. The van der Waals surface area contributed by atoms with Crippen LogP contribution in [0.15, 0.2) is 58.3 Å². The lowest BCUT2D eigenvalue weighted by molar-refractivity contribution is 0.442. The van der Waals surface area contributed by atoms with Gasteiger partial charge in [-0.1, -0.05) is 48.2 Å². The largest absolute Gasteiger partial charge is 0.298 e. The van der Waals surface area contributed by atoms with Gasteiger partial charge in [0.05, 0.1) is 6.26 Å². The second kappa shape index (κ2) is 6.72. The van der Waals surface area contributed by atoms with Gasteiger partial charge >= 0.3 is 0 Å². The SMILES string of the molecule is CN1CC2=C(C1)c1ccccc1Sc1ccccc12.CS(=O)(=O)O. The lowest BCUT2D eigenvalue weighted by atomic mass is 9.97. The number of fused-ring (bicyclic) bond motifs is 4. The smallest absolute Gasteiger partial charge is 0.261 e. The summed E-state index contributed by atoms with van der Waals surface area (Å²) in [5.41, 5.74) is 5.86. The van der Waals surface area contributed by atoms with Gasteiger partial charge in [0, 0.05) is 22.9 Å². The summed E-state index contributed by atoms with van der Waals surface area (Å²) >= 11 is 1.90. The van der Waals surface area contributed by atoms with E-state index in [1.165, 1.54) is 32.1 Å². The van der Waals surface area contributed by atoms with Crippen LogP contribution in [0.3, 0.4) is 0 Å². The highest BCUT2D eigenvalue weighted by atomic mass is 32.2. The number of benzene rings is 2. The predicted octanol–water partition coefficient (Wildman–Crippen LogP) is 3.51. The van der Waals surface area contributed by atoms with E-state index in [9.17, 15) is 8.42 Å². The third kappa shape index (κ3) is 3.89. The zero-order valence-corrected chi connectivity index (χ0v) is 15.2. The molecule has 2 aromatic rings. The van der Waals surface area contributed by atoms with Crippen molar-refractivity contribution in [3.63, 3.8) is 0 Å². The maximum atomic E-state index is 9.19. The van der Waals surface area contributed by atoms with Gasteiger partial charge in [0.2, 0.25) is 0 Å². The highest BCUT2D eigenvalue weighted by Crippen LogP contribution is 2.46. The first-order valence-electron chi connectivity index (χ1n) is 7.52. The second-order valence-corrected chi connectivity index (χ2v) is 8.51. The summed E-state index contributed by atoms with van der Waals surface area (Å²) in [6.07, 6.45) is 0.715. The molecule has 1 N–H and O–H groups in total. The highest BCUT2D eigenvalue weighted by Gasteiger charge is 2.27. The van der Waals surface area contributed by atoms with Gasteiger partial charge in [0.1, 0.15) is 0 Å². The molecule has 2 heterocycles. The zero-order valence-electron chi connectivity index (χ0n) is 13.6. The zero-order chi connectivity index (χ0) is 17.3. The molecule has 24 heavy (non-hydrogen) atoms. The summed E-state index contributed by atoms with van der Waals surface area (Å²) in [6.45, 7) is 2.11. The lowest BCUT2D eigenvalue weighted by Gasteiger charge is -2.12. The summed E-state index contributed by atoms with van der Waals surface area (Å²) in [4.78, 5) is 5.17. The number of hydrogen-bond acceptors (Lipinski definition) is 4. The Morgan fingerprint density at radius 1 is 0.917 bits per heavy atom. The molecule has 4 rings (SSSR count). The van der Waals surface area contributed by atoms with Crippen molar-refractivity contribution in [1.82, 2.24) is 4.90 Å². The van der Waals surface area contributed by atoms with Crippen LogP contribution in [0.1, 0.15) is 11.1 Å². The van der Waals surface area contributed by atoms with Gasteiger partial charge in [-0.2, -0.15) is 8.42 Å². The molecule has 0 spiro atoms. The van der Waals surface area contributed by atoms with Crippen molar-refractivity contribution in [2.45, 2.75) is 9.79 Å². The predicted molar refractivity (Wildman–Crippen MR) is 98.8 cm³/mol. The first kappa shape index (κ1) is 17.2. The van der Waals surface area contributed by atoms with E-state index in [1.54, 1.807) is 0 Å². The number of nitrogens with zero attached hydrogens (tertiary/aromatic N) is 1. The molecule has 2 aliphatic rings. The maximum absolute atomic E-state index is 9.19. The summed E-state index contributed by atoms with van der Waals surface area (Å²) in [5, 5.41) is 0. The lowest BCUT2D eigenvalue weighted by Crippen LogP contribution is -2.14. The molecule has 0 radical (unpaired) electrons. The van der Waals surface area contributed by atoms with E-state index in [0.29, 0.717) is 6.26 Å². The first-order valence-corrected chi connectivity index (χ1v) is 10.2. The number of hydrogen-bond donors (Lipinski definition) is 1. The third-order valence-electron chi connectivity index (χ3n) is 3.86. The van der Waals surface area contributed by atoms with Crippen LogP contribution >= 0.6 is 11.8 Å². The number of likely N-dealkylation sites (N-methyl/N-ethyl adjacent to an activating group) is 1. The van der Waals surface area contributed by atoms with Crippen molar-refractivity contribution in [2.24, 2.45) is 0 Å². The van der Waals surface area contributed by atoms with Gasteiger partial charge < -0.3 is 0 Å². The monoisotopic (exact) mass is 361 g/mol. The van der Waals surface area contributed by atoms with Crippen molar-refractivity contribution < 1.29 is 13.0 Å². The quantitative estimate of drug-likeness (QED) is 0.728. The minimum atomic E-state index is -3.67. The third-order valence-corrected chi connectivity index (χ3v) is 5.02. The average Bonchev–Trinajstić information content (AvgIpc) is 2.83. The normalized spacial score (nSPS) is 16.5. The first-order chi connectivity index (χ1) is 11.3. The Hall–Kier alpha value is -1.60. The van der Waals surface area contributed by atoms with E-state index in [0.717, 1.165) is 13.1 Å². The van der Waals surface area contributed by atoms with Gasteiger partial charge in [-0.3, -0.25) is 9.45 Å². The Balaban J connectivity index is 0.000000300. The molecular weight excluding hydrogens is 342 g/mol. The summed E-state index contributed by atoms with van der Waals surface area (Å²) in [5.74, 6) is 0. The van der Waals surface area contributed by atoms with E-state index in [1.807, 2.05) is 11.8 Å². The summed E-state index contributed by atoms with van der Waals surface area (Å²) < 4.78 is 25.9. The maximum Gasteiger partial charge on any atom is 0.261 e. The van der Waals surface area contributed by atoms with Crippen molar-refractivity contribution in [2.75, 3.05) is 26.4 Å². The molecule has 2 aromatic carbocycles. The fourth-order valence-corrected chi connectivity index (χ4v) is 4.14. The van der Waals surface area contributed by atoms with E-state index in [2.05, 4.69) is 60.5 Å². The molecule has 0 atom stereocenters. The Kier molecular flexibility index (Phi) is 4.83. The van der Waals surface area contributed by atoms with Crippen LogP contribution in [0.5, 0.6) is 0 Å².